The van der Waals surface area contributed by atoms with Crippen molar-refractivity contribution in [3.63, 3.8) is 0 Å². The van der Waals surface area contributed by atoms with Crippen LogP contribution in [0.25, 0.3) is 0 Å². The fraction of sp³-hybridized carbons (Fsp3) is 0.455. The first-order valence-electron chi connectivity index (χ1n) is 5.40. The molecule has 0 aliphatic carbocycles. The van der Waals surface area contributed by atoms with Gasteiger partial charge in [-0.25, -0.2) is 4.98 Å². The van der Waals surface area contributed by atoms with Gasteiger partial charge in [0, 0.05) is 18.0 Å². The number of hydrogen-bond donors (Lipinski definition) is 2. The van der Waals surface area contributed by atoms with Gasteiger partial charge in [-0.2, -0.15) is 0 Å². The minimum Gasteiger partial charge on any atom is -0.370 e. The van der Waals surface area contributed by atoms with Gasteiger partial charge in [-0.3, -0.25) is 14.9 Å². The molecule has 0 bridgehead atoms. The molecule has 18 heavy (non-hydrogen) atoms. The summed E-state index contributed by atoms with van der Waals surface area (Å²) in [5.41, 5.74) is 4.87. The number of anilines is 1. The molecule has 0 aliphatic rings. The third-order valence-corrected chi connectivity index (χ3v) is 2.34. The molecule has 0 atom stereocenters. The molecule has 0 unspecified atom stereocenters. The topological polar surface area (TPSA) is 111 Å². The van der Waals surface area contributed by atoms with Gasteiger partial charge in [-0.1, -0.05) is 0 Å². The van der Waals surface area contributed by atoms with Crippen molar-refractivity contribution in [1.29, 1.82) is 0 Å². The molecule has 1 aromatic rings. The third-order valence-electron chi connectivity index (χ3n) is 2.34. The fourth-order valence-corrected chi connectivity index (χ4v) is 1.64. The van der Waals surface area contributed by atoms with E-state index in [1.807, 2.05) is 0 Å². The minimum absolute atomic E-state index is 0.0340. The van der Waals surface area contributed by atoms with E-state index in [0.717, 1.165) is 0 Å². The number of primary amides is 1. The van der Waals surface area contributed by atoms with Crippen LogP contribution in [-0.4, -0.2) is 21.4 Å². The molecule has 7 nitrogen and oxygen atoms in total. The molecule has 0 aliphatic heterocycles. The lowest BCUT2D eigenvalue weighted by Crippen LogP contribution is -2.36. The van der Waals surface area contributed by atoms with E-state index in [2.05, 4.69) is 10.3 Å². The lowest BCUT2D eigenvalue weighted by molar-refractivity contribution is -0.385. The summed E-state index contributed by atoms with van der Waals surface area (Å²) in [6.45, 7) is 5.16. The van der Waals surface area contributed by atoms with Crippen LogP contribution >= 0.6 is 0 Å². The van der Waals surface area contributed by atoms with Gasteiger partial charge in [0.2, 0.25) is 5.91 Å². The Bertz CT molecular complexity index is 485. The van der Waals surface area contributed by atoms with E-state index in [1.165, 1.54) is 12.1 Å². The number of nitrogens with two attached hydrogens (primary N) is 1. The Labute approximate surface area is 105 Å². The first kappa shape index (κ1) is 13.9. The zero-order chi connectivity index (χ0) is 13.9. The summed E-state index contributed by atoms with van der Waals surface area (Å²) >= 11 is 0. The fourth-order valence-electron chi connectivity index (χ4n) is 1.64. The lowest BCUT2D eigenvalue weighted by Gasteiger charge is -2.25. The molecular weight excluding hydrogens is 236 g/mol. The molecule has 0 radical (unpaired) electrons. The van der Waals surface area contributed by atoms with Crippen LogP contribution in [0.15, 0.2) is 12.1 Å². The van der Waals surface area contributed by atoms with Crippen LogP contribution in [0, 0.1) is 17.0 Å². The Balaban J connectivity index is 2.89. The molecule has 0 saturated heterocycles. The smallest absolute Gasteiger partial charge is 0.290 e. The van der Waals surface area contributed by atoms with Crippen molar-refractivity contribution in [2.45, 2.75) is 32.7 Å². The minimum atomic E-state index is -0.554. The molecule has 3 N–H and O–H groups in total. The van der Waals surface area contributed by atoms with Crippen LogP contribution < -0.4 is 11.1 Å². The van der Waals surface area contributed by atoms with Gasteiger partial charge in [-0.05, 0) is 26.8 Å². The standard InChI is InChI=1S/C11H16N4O3/c1-7-8(15(17)18)4-5-10(13-7)14-11(2,3)6-9(12)16/h4-5H,6H2,1-3H3,(H2,12,16)(H,13,14). The summed E-state index contributed by atoms with van der Waals surface area (Å²) in [5, 5.41) is 13.7. The van der Waals surface area contributed by atoms with Crippen LogP contribution in [0.1, 0.15) is 26.0 Å². The molecule has 1 heterocycles. The maximum absolute atomic E-state index is 10.9. The van der Waals surface area contributed by atoms with E-state index in [-0.39, 0.29) is 12.1 Å². The van der Waals surface area contributed by atoms with Gasteiger partial charge >= 0.3 is 0 Å². The molecule has 0 fully saturated rings. The van der Waals surface area contributed by atoms with E-state index in [9.17, 15) is 14.9 Å². The number of nitro groups is 1. The van der Waals surface area contributed by atoms with Crippen LogP contribution in [0.4, 0.5) is 11.5 Å². The van der Waals surface area contributed by atoms with Crippen molar-refractivity contribution in [1.82, 2.24) is 4.98 Å². The zero-order valence-corrected chi connectivity index (χ0v) is 10.6. The Morgan fingerprint density at radius 2 is 2.17 bits per heavy atom. The average Bonchev–Trinajstić information content (AvgIpc) is 2.13. The van der Waals surface area contributed by atoms with Crippen molar-refractivity contribution >= 4 is 17.4 Å². The summed E-state index contributed by atoms with van der Waals surface area (Å²) in [5.74, 6) is 0.0514. The van der Waals surface area contributed by atoms with E-state index in [0.29, 0.717) is 11.5 Å². The van der Waals surface area contributed by atoms with E-state index < -0.39 is 16.4 Å². The molecule has 1 rings (SSSR count). The predicted molar refractivity (Wildman–Crippen MR) is 67.1 cm³/mol. The van der Waals surface area contributed by atoms with Crippen LogP contribution in [-0.2, 0) is 4.79 Å². The average molecular weight is 252 g/mol. The highest BCUT2D eigenvalue weighted by atomic mass is 16.6. The van der Waals surface area contributed by atoms with Gasteiger partial charge in [0.1, 0.15) is 11.5 Å². The number of rotatable bonds is 5. The number of aryl methyl sites for hydroxylation is 1. The largest absolute Gasteiger partial charge is 0.370 e. The summed E-state index contributed by atoms with van der Waals surface area (Å²) in [6, 6.07) is 2.89. The Kier molecular flexibility index (Phi) is 3.85. The zero-order valence-electron chi connectivity index (χ0n) is 10.6. The van der Waals surface area contributed by atoms with Crippen molar-refractivity contribution in [2.75, 3.05) is 5.32 Å². The second-order valence-corrected chi connectivity index (χ2v) is 4.71. The normalized spacial score (nSPS) is 11.1. The number of carbonyl (C=O) groups excluding carboxylic acids is 1. The molecule has 98 valence electrons. The second-order valence-electron chi connectivity index (χ2n) is 4.71. The van der Waals surface area contributed by atoms with E-state index in [1.54, 1.807) is 20.8 Å². The number of amides is 1. The molecule has 1 aromatic heterocycles. The number of hydrogen-bond acceptors (Lipinski definition) is 5. The summed E-state index contributed by atoms with van der Waals surface area (Å²) < 4.78 is 0. The van der Waals surface area contributed by atoms with Crippen LogP contribution in [0.2, 0.25) is 0 Å². The van der Waals surface area contributed by atoms with Crippen LogP contribution in [0.3, 0.4) is 0 Å². The number of nitrogens with zero attached hydrogens (tertiary/aromatic N) is 2. The molecule has 0 saturated carbocycles. The lowest BCUT2D eigenvalue weighted by atomic mass is 10.0. The number of nitrogens with one attached hydrogen (secondary N) is 1. The van der Waals surface area contributed by atoms with Gasteiger partial charge in [0.25, 0.3) is 5.69 Å². The third kappa shape index (κ3) is 3.69. The number of pyridine rings is 1. The van der Waals surface area contributed by atoms with Gasteiger partial charge in [0.15, 0.2) is 0 Å². The Morgan fingerprint density at radius 1 is 1.56 bits per heavy atom. The summed E-state index contributed by atoms with van der Waals surface area (Å²) in [6.07, 6.45) is 0.144. The Morgan fingerprint density at radius 3 is 2.61 bits per heavy atom. The molecule has 0 aromatic carbocycles. The van der Waals surface area contributed by atoms with Gasteiger partial charge < -0.3 is 11.1 Å². The van der Waals surface area contributed by atoms with Crippen molar-refractivity contribution in [3.8, 4) is 0 Å². The van der Waals surface area contributed by atoms with Crippen LogP contribution in [0.5, 0.6) is 0 Å². The van der Waals surface area contributed by atoms with Gasteiger partial charge in [-0.15, -0.1) is 0 Å². The highest BCUT2D eigenvalue weighted by Crippen LogP contribution is 2.21. The first-order chi connectivity index (χ1) is 8.21. The van der Waals surface area contributed by atoms with Crippen molar-refractivity contribution < 1.29 is 9.72 Å². The highest BCUT2D eigenvalue weighted by molar-refractivity contribution is 5.75. The summed E-state index contributed by atoms with van der Waals surface area (Å²) in [7, 11) is 0. The van der Waals surface area contributed by atoms with Crippen molar-refractivity contribution in [2.24, 2.45) is 5.73 Å². The number of aromatic nitrogens is 1. The summed E-state index contributed by atoms with van der Waals surface area (Å²) in [4.78, 5) is 25.1. The maximum atomic E-state index is 10.9. The van der Waals surface area contributed by atoms with E-state index >= 15 is 0 Å². The quantitative estimate of drug-likeness (QED) is 0.607. The SMILES string of the molecule is Cc1nc(NC(C)(C)CC(N)=O)ccc1[N+](=O)[O-]. The first-order valence-corrected chi connectivity index (χ1v) is 5.40. The molecule has 7 heteroatoms. The second kappa shape index (κ2) is 4.99. The van der Waals surface area contributed by atoms with E-state index in [4.69, 9.17) is 5.73 Å². The predicted octanol–water partition coefficient (Wildman–Crippen LogP) is 1.36. The molecular formula is C11H16N4O3. The number of carbonyl (C=O) groups is 1. The molecule has 1 amide bonds. The van der Waals surface area contributed by atoms with Gasteiger partial charge in [0.05, 0.1) is 4.92 Å². The monoisotopic (exact) mass is 252 g/mol. The van der Waals surface area contributed by atoms with Crippen molar-refractivity contribution in [3.05, 3.63) is 27.9 Å². The molecule has 0 spiro atoms. The maximum Gasteiger partial charge on any atom is 0.290 e. The highest BCUT2D eigenvalue weighted by Gasteiger charge is 2.21. The Hall–Kier alpha value is -2.18.